The molecule has 1 rings (SSSR count). The summed E-state index contributed by atoms with van der Waals surface area (Å²) >= 11 is 0. The summed E-state index contributed by atoms with van der Waals surface area (Å²) in [5.41, 5.74) is 0. The number of nitrogens with zero attached hydrogens (tertiary/aromatic N) is 1. The molecule has 1 atom stereocenters. The van der Waals surface area contributed by atoms with Gasteiger partial charge in [-0.15, -0.1) is 6.42 Å². The fraction of sp³-hybridized carbons (Fsp3) is 0.800. The summed E-state index contributed by atoms with van der Waals surface area (Å²) in [6, 6.07) is -0.0943. The first kappa shape index (κ1) is 16.0. The van der Waals surface area contributed by atoms with E-state index >= 15 is 0 Å². The van der Waals surface area contributed by atoms with E-state index in [1.54, 1.807) is 0 Å². The minimum atomic E-state index is -0.0943. The highest BCUT2D eigenvalue weighted by atomic mass is 16.2. The molecule has 1 aliphatic rings. The van der Waals surface area contributed by atoms with Crippen LogP contribution in [-0.4, -0.2) is 49.6 Å². The third kappa shape index (κ3) is 5.63. The van der Waals surface area contributed by atoms with E-state index in [0.29, 0.717) is 12.5 Å². The van der Waals surface area contributed by atoms with E-state index in [0.717, 1.165) is 32.6 Å². The van der Waals surface area contributed by atoms with Crippen LogP contribution >= 0.6 is 0 Å². The van der Waals surface area contributed by atoms with Gasteiger partial charge in [-0.1, -0.05) is 12.8 Å². The van der Waals surface area contributed by atoms with E-state index in [4.69, 9.17) is 6.42 Å². The molecule has 1 aliphatic heterocycles. The molecule has 0 aromatic carbocycles. The number of piperidine rings is 1. The summed E-state index contributed by atoms with van der Waals surface area (Å²) in [5, 5.41) is 6.16. The third-order valence-electron chi connectivity index (χ3n) is 3.75. The number of carbonyl (C=O) groups is 1. The molecular formula is C15H27N3O. The maximum absolute atomic E-state index is 12.0. The Morgan fingerprint density at radius 1 is 1.53 bits per heavy atom. The normalized spacial score (nSPS) is 18.0. The van der Waals surface area contributed by atoms with E-state index in [-0.39, 0.29) is 11.9 Å². The third-order valence-corrected chi connectivity index (χ3v) is 3.75. The summed E-state index contributed by atoms with van der Waals surface area (Å²) in [6.07, 6.45) is 8.66. The molecule has 4 heteroatoms. The van der Waals surface area contributed by atoms with Crippen LogP contribution in [0.1, 0.15) is 33.1 Å². The molecule has 0 spiro atoms. The fourth-order valence-electron chi connectivity index (χ4n) is 2.58. The van der Waals surface area contributed by atoms with Gasteiger partial charge in [-0.25, -0.2) is 0 Å². The first-order valence-corrected chi connectivity index (χ1v) is 7.35. The molecule has 0 aromatic rings. The molecule has 0 aromatic heterocycles. The van der Waals surface area contributed by atoms with Gasteiger partial charge in [-0.3, -0.25) is 9.69 Å². The van der Waals surface area contributed by atoms with E-state index in [2.05, 4.69) is 28.4 Å². The molecule has 0 aliphatic carbocycles. The van der Waals surface area contributed by atoms with Crippen LogP contribution in [0.4, 0.5) is 0 Å². The maximum Gasteiger partial charge on any atom is 0.237 e. The highest BCUT2D eigenvalue weighted by molar-refractivity contribution is 5.81. The van der Waals surface area contributed by atoms with Crippen molar-refractivity contribution in [1.29, 1.82) is 0 Å². The van der Waals surface area contributed by atoms with Crippen molar-refractivity contribution in [1.82, 2.24) is 15.5 Å². The molecule has 1 unspecified atom stereocenters. The van der Waals surface area contributed by atoms with Gasteiger partial charge in [0.15, 0.2) is 0 Å². The molecule has 1 heterocycles. The Balaban J connectivity index is 2.49. The van der Waals surface area contributed by atoms with Crippen molar-refractivity contribution in [3.8, 4) is 12.3 Å². The van der Waals surface area contributed by atoms with Crippen LogP contribution in [0.3, 0.4) is 0 Å². The van der Waals surface area contributed by atoms with Crippen molar-refractivity contribution in [2.75, 3.05) is 32.7 Å². The van der Waals surface area contributed by atoms with Crippen LogP contribution in [0.5, 0.6) is 0 Å². The van der Waals surface area contributed by atoms with Crippen LogP contribution < -0.4 is 10.6 Å². The quantitative estimate of drug-likeness (QED) is 0.670. The smallest absolute Gasteiger partial charge is 0.237 e. The van der Waals surface area contributed by atoms with Gasteiger partial charge in [0, 0.05) is 6.54 Å². The van der Waals surface area contributed by atoms with Gasteiger partial charge in [0.1, 0.15) is 0 Å². The fourth-order valence-corrected chi connectivity index (χ4v) is 2.58. The predicted octanol–water partition coefficient (Wildman–Crippen LogP) is 0.836. The second kappa shape index (κ2) is 8.95. The van der Waals surface area contributed by atoms with Gasteiger partial charge in [-0.05, 0) is 51.7 Å². The molecule has 2 N–H and O–H groups in total. The second-order valence-electron chi connectivity index (χ2n) is 5.29. The van der Waals surface area contributed by atoms with Crippen molar-refractivity contribution < 1.29 is 4.79 Å². The number of terminal acetylenes is 1. The monoisotopic (exact) mass is 265 g/mol. The summed E-state index contributed by atoms with van der Waals surface area (Å²) < 4.78 is 0. The van der Waals surface area contributed by atoms with Crippen molar-refractivity contribution in [3.05, 3.63) is 0 Å². The van der Waals surface area contributed by atoms with Crippen LogP contribution in [0.15, 0.2) is 0 Å². The molecule has 1 amide bonds. The number of rotatable bonds is 7. The van der Waals surface area contributed by atoms with Crippen LogP contribution in [-0.2, 0) is 4.79 Å². The minimum absolute atomic E-state index is 0.0420. The number of hydrogen-bond donors (Lipinski definition) is 2. The average Bonchev–Trinajstić information content (AvgIpc) is 2.44. The molecule has 1 saturated heterocycles. The topological polar surface area (TPSA) is 44.4 Å². The zero-order valence-corrected chi connectivity index (χ0v) is 12.2. The maximum atomic E-state index is 12.0. The van der Waals surface area contributed by atoms with Gasteiger partial charge in [-0.2, -0.15) is 0 Å². The van der Waals surface area contributed by atoms with Gasteiger partial charge in [0.2, 0.25) is 5.91 Å². The van der Waals surface area contributed by atoms with Crippen LogP contribution in [0.25, 0.3) is 0 Å². The average molecular weight is 265 g/mol. The Kier molecular flexibility index (Phi) is 7.54. The number of hydrogen-bond acceptors (Lipinski definition) is 3. The highest BCUT2D eigenvalue weighted by Crippen LogP contribution is 2.15. The van der Waals surface area contributed by atoms with Gasteiger partial charge >= 0.3 is 0 Å². The van der Waals surface area contributed by atoms with E-state index < -0.39 is 0 Å². The lowest BCUT2D eigenvalue weighted by atomic mass is 9.97. The first-order valence-electron chi connectivity index (χ1n) is 7.35. The second-order valence-corrected chi connectivity index (χ2v) is 5.29. The lowest BCUT2D eigenvalue weighted by molar-refractivity contribution is -0.125. The summed E-state index contributed by atoms with van der Waals surface area (Å²) in [6.45, 7) is 8.62. The molecular weight excluding hydrogens is 238 g/mol. The minimum Gasteiger partial charge on any atom is -0.344 e. The van der Waals surface area contributed by atoms with Gasteiger partial charge in [0.25, 0.3) is 0 Å². The number of carbonyl (C=O) groups excluding carboxylic acids is 1. The summed E-state index contributed by atoms with van der Waals surface area (Å²) in [7, 11) is 0. The first-order chi connectivity index (χ1) is 9.19. The Bertz CT molecular complexity index is 305. The van der Waals surface area contributed by atoms with Crippen molar-refractivity contribution >= 4 is 5.91 Å². The largest absolute Gasteiger partial charge is 0.344 e. The van der Waals surface area contributed by atoms with E-state index in [9.17, 15) is 4.79 Å². The van der Waals surface area contributed by atoms with E-state index in [1.807, 2.05) is 6.92 Å². The zero-order valence-electron chi connectivity index (χ0n) is 12.2. The Morgan fingerprint density at radius 3 is 2.79 bits per heavy atom. The molecule has 1 fully saturated rings. The molecule has 19 heavy (non-hydrogen) atoms. The van der Waals surface area contributed by atoms with Crippen LogP contribution in [0, 0.1) is 18.3 Å². The Labute approximate surface area is 117 Å². The summed E-state index contributed by atoms with van der Waals surface area (Å²) in [5.74, 6) is 3.19. The van der Waals surface area contributed by atoms with Gasteiger partial charge in [0.05, 0.1) is 12.6 Å². The number of amides is 1. The molecule has 4 nitrogen and oxygen atoms in total. The molecule has 108 valence electrons. The van der Waals surface area contributed by atoms with Crippen molar-refractivity contribution in [3.63, 3.8) is 0 Å². The lowest BCUT2D eigenvalue weighted by Gasteiger charge is -2.33. The van der Waals surface area contributed by atoms with Crippen molar-refractivity contribution in [2.24, 2.45) is 5.92 Å². The van der Waals surface area contributed by atoms with E-state index in [1.165, 1.54) is 12.8 Å². The molecule has 0 saturated carbocycles. The lowest BCUT2D eigenvalue weighted by Crippen LogP contribution is -2.48. The Morgan fingerprint density at radius 2 is 2.21 bits per heavy atom. The Hall–Kier alpha value is -1.05. The zero-order chi connectivity index (χ0) is 14.1. The standard InChI is InChI=1S/C15H27N3O/c1-4-8-17-15(19)13(3)18(11-5-2)12-14-6-9-16-10-7-14/h1,13-14,16H,5-12H2,2-3H3,(H,17,19). The van der Waals surface area contributed by atoms with Gasteiger partial charge < -0.3 is 10.6 Å². The molecule has 0 radical (unpaired) electrons. The molecule has 0 bridgehead atoms. The summed E-state index contributed by atoms with van der Waals surface area (Å²) in [4.78, 5) is 14.3. The van der Waals surface area contributed by atoms with Crippen molar-refractivity contribution in [2.45, 2.75) is 39.2 Å². The predicted molar refractivity (Wildman–Crippen MR) is 78.8 cm³/mol. The highest BCUT2D eigenvalue weighted by Gasteiger charge is 2.24. The SMILES string of the molecule is C#CCNC(=O)C(C)N(CCC)CC1CCNCC1. The van der Waals surface area contributed by atoms with Crippen LogP contribution in [0.2, 0.25) is 0 Å². The number of nitrogens with one attached hydrogen (secondary N) is 2.